The van der Waals surface area contributed by atoms with Crippen molar-refractivity contribution in [2.24, 2.45) is 5.10 Å². The van der Waals surface area contributed by atoms with Gasteiger partial charge in [-0.2, -0.15) is 5.10 Å². The summed E-state index contributed by atoms with van der Waals surface area (Å²) in [4.78, 5) is 13.2. The van der Waals surface area contributed by atoms with Crippen LogP contribution in [0.1, 0.15) is 31.7 Å². The molecule has 108 valence electrons. The van der Waals surface area contributed by atoms with Gasteiger partial charge >= 0.3 is 0 Å². The normalized spacial score (nSPS) is 16.9. The molecule has 0 bridgehead atoms. The lowest BCUT2D eigenvalue weighted by Crippen LogP contribution is -3.13. The number of carbonyl (C=O) groups is 1. The molecule has 1 fully saturated rings. The van der Waals surface area contributed by atoms with Crippen molar-refractivity contribution in [1.29, 1.82) is 0 Å². The molecular weight excluding hydrogens is 254 g/mol. The fraction of sp³-hybridized carbons (Fsp3) is 0.467. The molecule has 1 aromatic carbocycles. The number of benzene rings is 1. The number of hydrazone groups is 1. The summed E-state index contributed by atoms with van der Waals surface area (Å²) in [6, 6.07) is 6.96. The molecule has 1 aliphatic heterocycles. The lowest BCUT2D eigenvalue weighted by atomic mass is 10.1. The van der Waals surface area contributed by atoms with Crippen molar-refractivity contribution in [3.8, 4) is 5.75 Å². The minimum atomic E-state index is -0.0725. The molecule has 0 aliphatic carbocycles. The first kappa shape index (κ1) is 14.5. The lowest BCUT2D eigenvalue weighted by molar-refractivity contribution is -0.896. The van der Waals surface area contributed by atoms with Crippen LogP contribution in [0.5, 0.6) is 5.75 Å². The summed E-state index contributed by atoms with van der Waals surface area (Å²) in [6.07, 6.45) is 3.67. The molecule has 0 saturated carbocycles. The van der Waals surface area contributed by atoms with E-state index >= 15 is 0 Å². The molecule has 5 heteroatoms. The van der Waals surface area contributed by atoms with E-state index in [4.69, 9.17) is 0 Å². The number of carbonyl (C=O) groups excluding carboxylic acids is 1. The van der Waals surface area contributed by atoms with Gasteiger partial charge in [-0.3, -0.25) is 4.79 Å². The number of nitrogens with zero attached hydrogens (tertiary/aromatic N) is 1. The highest BCUT2D eigenvalue weighted by molar-refractivity contribution is 6.01. The maximum atomic E-state index is 11.8. The Kier molecular flexibility index (Phi) is 5.12. The summed E-state index contributed by atoms with van der Waals surface area (Å²) in [5.41, 5.74) is 3.81. The Balaban J connectivity index is 1.88. The first-order valence-corrected chi connectivity index (χ1v) is 7.12. The van der Waals surface area contributed by atoms with E-state index in [1.54, 1.807) is 25.1 Å². The average molecular weight is 276 g/mol. The second-order valence-electron chi connectivity index (χ2n) is 5.24. The Hall–Kier alpha value is -1.88. The molecule has 2 rings (SSSR count). The lowest BCUT2D eigenvalue weighted by Gasteiger charge is -2.22. The third kappa shape index (κ3) is 4.06. The monoisotopic (exact) mass is 276 g/mol. The zero-order chi connectivity index (χ0) is 14.4. The number of nitrogens with one attached hydrogen (secondary N) is 2. The van der Waals surface area contributed by atoms with E-state index in [0.717, 1.165) is 13.1 Å². The van der Waals surface area contributed by atoms with Crippen molar-refractivity contribution in [2.45, 2.75) is 26.2 Å². The number of piperidine rings is 1. The number of quaternary nitrogens is 1. The van der Waals surface area contributed by atoms with E-state index in [-0.39, 0.29) is 11.7 Å². The summed E-state index contributed by atoms with van der Waals surface area (Å²) in [5, 5.41) is 13.8. The highest BCUT2D eigenvalue weighted by Crippen LogP contribution is 2.15. The van der Waals surface area contributed by atoms with Gasteiger partial charge in [0.05, 0.1) is 18.8 Å². The summed E-state index contributed by atoms with van der Waals surface area (Å²) in [7, 11) is 0. The Morgan fingerprint density at radius 2 is 2.00 bits per heavy atom. The van der Waals surface area contributed by atoms with Crippen LogP contribution in [0.25, 0.3) is 0 Å². The van der Waals surface area contributed by atoms with Gasteiger partial charge in [-0.05, 0) is 38.3 Å². The van der Waals surface area contributed by atoms with Crippen LogP contribution in [0.15, 0.2) is 29.4 Å². The molecule has 1 heterocycles. The number of likely N-dealkylation sites (tertiary alicyclic amines) is 1. The van der Waals surface area contributed by atoms with Gasteiger partial charge < -0.3 is 10.0 Å². The fourth-order valence-corrected chi connectivity index (χ4v) is 2.48. The first-order chi connectivity index (χ1) is 9.66. The van der Waals surface area contributed by atoms with Gasteiger partial charge in [-0.25, -0.2) is 5.43 Å². The largest absolute Gasteiger partial charge is 0.507 e. The van der Waals surface area contributed by atoms with Crippen LogP contribution in [0.4, 0.5) is 0 Å². The van der Waals surface area contributed by atoms with Crippen LogP contribution < -0.4 is 10.3 Å². The second-order valence-corrected chi connectivity index (χ2v) is 5.24. The average Bonchev–Trinajstić information content (AvgIpc) is 2.46. The predicted octanol–water partition coefficient (Wildman–Crippen LogP) is 0.301. The van der Waals surface area contributed by atoms with Crippen molar-refractivity contribution >= 4 is 11.6 Å². The van der Waals surface area contributed by atoms with Gasteiger partial charge in [0.2, 0.25) is 0 Å². The Bertz CT molecular complexity index is 494. The van der Waals surface area contributed by atoms with E-state index in [0.29, 0.717) is 17.8 Å². The van der Waals surface area contributed by atoms with Gasteiger partial charge in [-0.15, -0.1) is 0 Å². The molecule has 1 aliphatic rings. The zero-order valence-electron chi connectivity index (χ0n) is 11.9. The van der Waals surface area contributed by atoms with E-state index in [1.807, 2.05) is 6.07 Å². The van der Waals surface area contributed by atoms with Gasteiger partial charge in [-0.1, -0.05) is 12.1 Å². The molecule has 1 aromatic rings. The van der Waals surface area contributed by atoms with E-state index in [9.17, 15) is 9.90 Å². The van der Waals surface area contributed by atoms with Crippen LogP contribution in [0, 0.1) is 0 Å². The third-order valence-corrected chi connectivity index (χ3v) is 3.61. The van der Waals surface area contributed by atoms with E-state index in [2.05, 4.69) is 10.5 Å². The minimum absolute atomic E-state index is 0.0725. The standard InChI is InChI=1S/C15H21N3O2/c1-12(13-7-3-4-8-14(13)19)16-17-15(20)11-18-9-5-2-6-10-18/h3-4,7-8,19H,2,5-6,9-11H2,1H3,(H,17,20)/p+1/b16-12+. The molecule has 20 heavy (non-hydrogen) atoms. The molecular formula is C15H22N3O2+. The van der Waals surface area contributed by atoms with Crippen molar-refractivity contribution in [3.05, 3.63) is 29.8 Å². The van der Waals surface area contributed by atoms with Crippen molar-refractivity contribution < 1.29 is 14.8 Å². The molecule has 0 unspecified atom stereocenters. The van der Waals surface area contributed by atoms with Crippen molar-refractivity contribution in [2.75, 3.05) is 19.6 Å². The molecule has 1 amide bonds. The summed E-state index contributed by atoms with van der Waals surface area (Å²) < 4.78 is 0. The van der Waals surface area contributed by atoms with E-state index < -0.39 is 0 Å². The number of para-hydroxylation sites is 1. The van der Waals surface area contributed by atoms with Gasteiger partial charge in [0.1, 0.15) is 5.75 Å². The molecule has 5 nitrogen and oxygen atoms in total. The fourth-order valence-electron chi connectivity index (χ4n) is 2.48. The second kappa shape index (κ2) is 7.05. The number of aromatic hydroxyl groups is 1. The smallest absolute Gasteiger partial charge is 0.295 e. The maximum Gasteiger partial charge on any atom is 0.295 e. The molecule has 1 saturated heterocycles. The highest BCUT2D eigenvalue weighted by atomic mass is 16.3. The first-order valence-electron chi connectivity index (χ1n) is 7.12. The molecule has 0 atom stereocenters. The zero-order valence-corrected chi connectivity index (χ0v) is 11.9. The van der Waals surface area contributed by atoms with Crippen LogP contribution in [0.2, 0.25) is 0 Å². The van der Waals surface area contributed by atoms with Gasteiger partial charge in [0, 0.05) is 5.56 Å². The summed E-state index contributed by atoms with van der Waals surface area (Å²) in [5.74, 6) is 0.0984. The minimum Gasteiger partial charge on any atom is -0.507 e. The number of phenols is 1. The number of hydrogen-bond donors (Lipinski definition) is 3. The Morgan fingerprint density at radius 3 is 2.70 bits per heavy atom. The SMILES string of the molecule is C/C(=N\NC(=O)C[NH+]1CCCCC1)c1ccccc1O. The van der Waals surface area contributed by atoms with E-state index in [1.165, 1.54) is 24.2 Å². The number of rotatable bonds is 4. The molecule has 3 N–H and O–H groups in total. The van der Waals surface area contributed by atoms with Crippen LogP contribution >= 0.6 is 0 Å². The number of phenolic OH excluding ortho intramolecular Hbond substituents is 1. The van der Waals surface area contributed by atoms with Gasteiger partial charge in [0.15, 0.2) is 6.54 Å². The topological polar surface area (TPSA) is 66.1 Å². The Morgan fingerprint density at radius 1 is 1.30 bits per heavy atom. The van der Waals surface area contributed by atoms with Crippen molar-refractivity contribution in [3.63, 3.8) is 0 Å². The number of hydrogen-bond acceptors (Lipinski definition) is 3. The molecule has 0 spiro atoms. The maximum absolute atomic E-state index is 11.8. The highest BCUT2D eigenvalue weighted by Gasteiger charge is 2.17. The summed E-state index contributed by atoms with van der Waals surface area (Å²) in [6.45, 7) is 4.37. The quantitative estimate of drug-likeness (QED) is 0.547. The molecule has 0 radical (unpaired) electrons. The van der Waals surface area contributed by atoms with Gasteiger partial charge in [0.25, 0.3) is 5.91 Å². The summed E-state index contributed by atoms with van der Waals surface area (Å²) >= 11 is 0. The van der Waals surface area contributed by atoms with Crippen LogP contribution in [-0.2, 0) is 4.79 Å². The predicted molar refractivity (Wildman–Crippen MR) is 77.9 cm³/mol. The third-order valence-electron chi connectivity index (χ3n) is 3.61. The van der Waals surface area contributed by atoms with Crippen LogP contribution in [-0.4, -0.2) is 36.4 Å². The molecule has 0 aromatic heterocycles. The van der Waals surface area contributed by atoms with Crippen LogP contribution in [0.3, 0.4) is 0 Å². The van der Waals surface area contributed by atoms with Crippen molar-refractivity contribution in [1.82, 2.24) is 5.43 Å². The number of amides is 1. The Labute approximate surface area is 119 Å².